The van der Waals surface area contributed by atoms with Crippen molar-refractivity contribution >= 4 is 17.8 Å². The summed E-state index contributed by atoms with van der Waals surface area (Å²) in [6.07, 6.45) is 3.43. The van der Waals surface area contributed by atoms with Gasteiger partial charge in [0.1, 0.15) is 5.69 Å². The van der Waals surface area contributed by atoms with E-state index in [-0.39, 0.29) is 30.4 Å². The van der Waals surface area contributed by atoms with E-state index in [1.54, 1.807) is 25.4 Å². The van der Waals surface area contributed by atoms with Gasteiger partial charge in [-0.15, -0.1) is 0 Å². The summed E-state index contributed by atoms with van der Waals surface area (Å²) >= 11 is 0. The number of nitrogens with one attached hydrogen (secondary N) is 2. The van der Waals surface area contributed by atoms with E-state index in [1.165, 1.54) is 4.90 Å². The SMILES string of the molecule is COC[C@H]1CCCN1C(=O)c1cc(CN2C(=N)NC(c3ccccc3)(c3ccccc3)C2=O)ccn1. The van der Waals surface area contributed by atoms with Crippen molar-refractivity contribution in [3.63, 3.8) is 0 Å². The van der Waals surface area contributed by atoms with Crippen LogP contribution in [-0.2, 0) is 21.6 Å². The maximum absolute atomic E-state index is 14.0. The highest BCUT2D eigenvalue weighted by Crippen LogP contribution is 2.36. The van der Waals surface area contributed by atoms with E-state index in [9.17, 15) is 9.59 Å². The van der Waals surface area contributed by atoms with Crippen molar-refractivity contribution in [3.05, 3.63) is 101 Å². The molecule has 0 spiro atoms. The maximum Gasteiger partial charge on any atom is 0.272 e. The van der Waals surface area contributed by atoms with Gasteiger partial charge >= 0.3 is 0 Å². The quantitative estimate of drug-likeness (QED) is 0.538. The summed E-state index contributed by atoms with van der Waals surface area (Å²) in [5.74, 6) is -0.369. The summed E-state index contributed by atoms with van der Waals surface area (Å²) in [5, 5.41) is 11.9. The first-order valence-corrected chi connectivity index (χ1v) is 12.1. The van der Waals surface area contributed by atoms with Gasteiger partial charge in [0, 0.05) is 19.9 Å². The van der Waals surface area contributed by atoms with Crippen molar-refractivity contribution in [2.24, 2.45) is 0 Å². The molecule has 0 bridgehead atoms. The van der Waals surface area contributed by atoms with Crippen molar-refractivity contribution < 1.29 is 14.3 Å². The number of ether oxygens (including phenoxy) is 1. The van der Waals surface area contributed by atoms with Gasteiger partial charge in [-0.1, -0.05) is 60.7 Å². The fraction of sp³-hybridized carbons (Fsp3) is 0.286. The summed E-state index contributed by atoms with van der Waals surface area (Å²) in [4.78, 5) is 34.7. The van der Waals surface area contributed by atoms with Crippen LogP contribution in [0.2, 0.25) is 0 Å². The highest BCUT2D eigenvalue weighted by molar-refractivity contribution is 6.10. The van der Waals surface area contributed by atoms with Gasteiger partial charge in [0.15, 0.2) is 11.5 Å². The van der Waals surface area contributed by atoms with Crippen LogP contribution in [0, 0.1) is 5.41 Å². The molecular formula is C28H29N5O3. The molecule has 0 saturated carbocycles. The Labute approximate surface area is 210 Å². The molecule has 2 saturated heterocycles. The number of guanidine groups is 1. The third kappa shape index (κ3) is 4.13. The van der Waals surface area contributed by atoms with Gasteiger partial charge in [0.05, 0.1) is 19.2 Å². The predicted octanol–water partition coefficient (Wildman–Crippen LogP) is 3.14. The zero-order valence-corrected chi connectivity index (χ0v) is 20.2. The minimum absolute atomic E-state index is 0.0112. The molecule has 5 rings (SSSR count). The van der Waals surface area contributed by atoms with Crippen molar-refractivity contribution in [2.45, 2.75) is 31.0 Å². The van der Waals surface area contributed by atoms with Crippen LogP contribution in [0.3, 0.4) is 0 Å². The van der Waals surface area contributed by atoms with Gasteiger partial charge in [-0.2, -0.15) is 0 Å². The number of likely N-dealkylation sites (tertiary alicyclic amines) is 1. The lowest BCUT2D eigenvalue weighted by Gasteiger charge is -2.28. The number of pyridine rings is 1. The molecule has 8 heteroatoms. The van der Waals surface area contributed by atoms with Crippen molar-refractivity contribution in [1.82, 2.24) is 20.1 Å². The van der Waals surface area contributed by atoms with E-state index in [1.807, 2.05) is 65.6 Å². The smallest absolute Gasteiger partial charge is 0.272 e. The fourth-order valence-corrected chi connectivity index (χ4v) is 5.18. The second-order valence-electron chi connectivity index (χ2n) is 9.15. The van der Waals surface area contributed by atoms with Crippen LogP contribution in [0.15, 0.2) is 79.0 Å². The largest absolute Gasteiger partial charge is 0.383 e. The third-order valence-electron chi connectivity index (χ3n) is 6.94. The van der Waals surface area contributed by atoms with E-state index in [0.29, 0.717) is 18.8 Å². The van der Waals surface area contributed by atoms with Crippen molar-refractivity contribution in [3.8, 4) is 0 Å². The minimum atomic E-state index is -1.20. The summed E-state index contributed by atoms with van der Waals surface area (Å²) in [5.41, 5.74) is 1.38. The summed E-state index contributed by atoms with van der Waals surface area (Å²) in [7, 11) is 1.64. The molecule has 1 atom stereocenters. The molecule has 2 aromatic carbocycles. The Hall–Kier alpha value is -4.04. The number of methoxy groups -OCH3 is 1. The van der Waals surface area contributed by atoms with Gasteiger partial charge in [0.25, 0.3) is 11.8 Å². The van der Waals surface area contributed by atoms with Crippen molar-refractivity contribution in [1.29, 1.82) is 5.41 Å². The molecule has 0 radical (unpaired) electrons. The van der Waals surface area contributed by atoms with Gasteiger partial charge < -0.3 is 15.0 Å². The molecule has 8 nitrogen and oxygen atoms in total. The lowest BCUT2D eigenvalue weighted by Crippen LogP contribution is -2.45. The minimum Gasteiger partial charge on any atom is -0.383 e. The Morgan fingerprint density at radius 1 is 1.11 bits per heavy atom. The van der Waals surface area contributed by atoms with Gasteiger partial charge in [-0.25, -0.2) is 0 Å². The Balaban J connectivity index is 1.43. The van der Waals surface area contributed by atoms with Crippen molar-refractivity contribution in [2.75, 3.05) is 20.3 Å². The third-order valence-corrected chi connectivity index (χ3v) is 6.94. The molecule has 2 aliphatic rings. The van der Waals surface area contributed by atoms with E-state index < -0.39 is 5.54 Å². The van der Waals surface area contributed by atoms with Crippen LogP contribution in [-0.4, -0.2) is 58.9 Å². The number of nitrogens with zero attached hydrogens (tertiary/aromatic N) is 3. The Morgan fingerprint density at radius 2 is 1.78 bits per heavy atom. The Kier molecular flexibility index (Phi) is 6.52. The monoisotopic (exact) mass is 483 g/mol. The molecule has 0 aliphatic carbocycles. The van der Waals surface area contributed by atoms with Crippen LogP contribution >= 0.6 is 0 Å². The molecule has 184 valence electrons. The second kappa shape index (κ2) is 9.91. The molecule has 36 heavy (non-hydrogen) atoms. The molecule has 1 aromatic heterocycles. The van der Waals surface area contributed by atoms with Crippen LogP contribution in [0.25, 0.3) is 0 Å². The van der Waals surface area contributed by atoms with Crippen LogP contribution in [0.1, 0.15) is 40.0 Å². The van der Waals surface area contributed by atoms with Gasteiger partial charge in [-0.3, -0.25) is 24.9 Å². The Morgan fingerprint density at radius 3 is 2.42 bits per heavy atom. The first kappa shape index (κ1) is 23.7. The number of carbonyl (C=O) groups excluding carboxylic acids is 2. The molecule has 3 aromatic rings. The zero-order chi connectivity index (χ0) is 25.1. The number of hydrogen-bond acceptors (Lipinski definition) is 5. The first-order valence-electron chi connectivity index (χ1n) is 12.1. The highest BCUT2D eigenvalue weighted by atomic mass is 16.5. The average molecular weight is 484 g/mol. The molecule has 0 unspecified atom stereocenters. The fourth-order valence-electron chi connectivity index (χ4n) is 5.18. The number of carbonyl (C=O) groups is 2. The molecule has 2 N–H and O–H groups in total. The summed E-state index contributed by atoms with van der Waals surface area (Å²) in [6.45, 7) is 1.32. The summed E-state index contributed by atoms with van der Waals surface area (Å²) in [6, 6.07) is 22.5. The van der Waals surface area contributed by atoms with Crippen LogP contribution in [0.4, 0.5) is 0 Å². The molecular weight excluding hydrogens is 454 g/mol. The molecule has 3 heterocycles. The first-order chi connectivity index (χ1) is 17.5. The predicted molar refractivity (Wildman–Crippen MR) is 135 cm³/mol. The second-order valence-corrected chi connectivity index (χ2v) is 9.15. The van der Waals surface area contributed by atoms with Crippen LogP contribution < -0.4 is 5.32 Å². The number of hydrogen-bond donors (Lipinski definition) is 2. The topological polar surface area (TPSA) is 98.6 Å². The molecule has 2 aliphatic heterocycles. The van der Waals surface area contributed by atoms with E-state index in [4.69, 9.17) is 10.1 Å². The normalized spacial score (nSPS) is 19.0. The summed E-state index contributed by atoms with van der Waals surface area (Å²) < 4.78 is 5.28. The average Bonchev–Trinajstić information content (AvgIpc) is 3.48. The number of benzene rings is 2. The lowest BCUT2D eigenvalue weighted by atomic mass is 9.82. The molecule has 2 fully saturated rings. The zero-order valence-electron chi connectivity index (χ0n) is 20.2. The van der Waals surface area contributed by atoms with E-state index in [2.05, 4.69) is 10.3 Å². The number of aromatic nitrogens is 1. The number of rotatable bonds is 7. The van der Waals surface area contributed by atoms with Crippen LogP contribution in [0.5, 0.6) is 0 Å². The van der Waals surface area contributed by atoms with E-state index >= 15 is 0 Å². The van der Waals surface area contributed by atoms with Gasteiger partial charge in [0.2, 0.25) is 0 Å². The highest BCUT2D eigenvalue weighted by Gasteiger charge is 2.52. The molecule has 2 amide bonds. The maximum atomic E-state index is 14.0. The Bertz CT molecular complexity index is 1220. The standard InChI is InChI=1S/C28H29N5O3/c1-36-19-23-13-8-16-32(23)25(34)24-17-20(14-15-30-24)18-33-26(35)28(31-27(33)29,21-9-4-2-5-10-21)22-11-6-3-7-12-22/h2-7,9-12,14-15,17,23H,8,13,16,18-19H2,1H3,(H2,29,31)/t23-/m1/s1. The van der Waals surface area contributed by atoms with Gasteiger partial charge in [-0.05, 0) is 41.7 Å². The lowest BCUT2D eigenvalue weighted by molar-refractivity contribution is -0.130. The number of amides is 2. The van der Waals surface area contributed by atoms with E-state index in [0.717, 1.165) is 29.5 Å².